The van der Waals surface area contributed by atoms with Crippen LogP contribution in [-0.4, -0.2) is 19.2 Å². The largest absolute Gasteiger partial charge is 0.450 e. The van der Waals surface area contributed by atoms with E-state index >= 15 is 0 Å². The van der Waals surface area contributed by atoms with E-state index in [9.17, 15) is 22.4 Å². The quantitative estimate of drug-likeness (QED) is 0.470. The third-order valence-corrected chi connectivity index (χ3v) is 4.16. The first-order chi connectivity index (χ1) is 13.7. The number of carbonyl (C=O) groups is 1. The zero-order valence-electron chi connectivity index (χ0n) is 16.1. The smallest absolute Gasteiger partial charge is 0.416 e. The molecule has 0 spiro atoms. The lowest BCUT2D eigenvalue weighted by Crippen LogP contribution is -2.25. The molecule has 158 valence electrons. The molecule has 0 atom stereocenters. The number of benzene rings is 2. The molecule has 9 heteroatoms. The summed E-state index contributed by atoms with van der Waals surface area (Å²) in [6, 6.07) is 7.65. The summed E-state index contributed by atoms with van der Waals surface area (Å²) in [5, 5.41) is 2.37. The number of nitrogen functional groups attached to an aromatic ring is 1. The minimum atomic E-state index is -4.41. The SMILES string of the molecule is CCCN(Cc1ccc(C(F)(F)F)cc1)c1ccc(NC(=O)OCC)c(N)c1F. The maximum absolute atomic E-state index is 14.9. The minimum Gasteiger partial charge on any atom is -0.450 e. The second-order valence-corrected chi connectivity index (χ2v) is 6.32. The summed E-state index contributed by atoms with van der Waals surface area (Å²) in [4.78, 5) is 13.2. The lowest BCUT2D eigenvalue weighted by Gasteiger charge is -2.26. The molecule has 3 N–H and O–H groups in total. The molecule has 2 aromatic rings. The van der Waals surface area contributed by atoms with E-state index in [0.717, 1.165) is 12.1 Å². The fraction of sp³-hybridized carbons (Fsp3) is 0.350. The van der Waals surface area contributed by atoms with Crippen LogP contribution in [0.3, 0.4) is 0 Å². The monoisotopic (exact) mass is 413 g/mol. The number of anilines is 3. The Hall–Kier alpha value is -2.97. The third kappa shape index (κ3) is 5.75. The highest BCUT2D eigenvalue weighted by molar-refractivity contribution is 5.90. The molecule has 0 fully saturated rings. The Balaban J connectivity index is 2.26. The van der Waals surface area contributed by atoms with Crippen LogP contribution in [0, 0.1) is 5.82 Å². The van der Waals surface area contributed by atoms with Gasteiger partial charge in [-0.05, 0) is 43.2 Å². The predicted molar refractivity (Wildman–Crippen MR) is 104 cm³/mol. The number of nitrogens with two attached hydrogens (primary N) is 1. The van der Waals surface area contributed by atoms with Crippen molar-refractivity contribution < 1.29 is 27.1 Å². The van der Waals surface area contributed by atoms with Gasteiger partial charge in [-0.25, -0.2) is 9.18 Å². The van der Waals surface area contributed by atoms with Gasteiger partial charge < -0.3 is 15.4 Å². The Morgan fingerprint density at radius 2 is 1.79 bits per heavy atom. The predicted octanol–water partition coefficient (Wildman–Crippen LogP) is 5.41. The third-order valence-electron chi connectivity index (χ3n) is 4.16. The van der Waals surface area contributed by atoms with Gasteiger partial charge in [0.1, 0.15) is 0 Å². The van der Waals surface area contributed by atoms with E-state index in [0.29, 0.717) is 18.5 Å². The molecule has 0 aliphatic carbocycles. The highest BCUT2D eigenvalue weighted by Gasteiger charge is 2.30. The summed E-state index contributed by atoms with van der Waals surface area (Å²) in [6.45, 7) is 4.35. The van der Waals surface area contributed by atoms with Crippen LogP contribution < -0.4 is 16.0 Å². The van der Waals surface area contributed by atoms with Crippen LogP contribution in [-0.2, 0) is 17.5 Å². The first-order valence-corrected chi connectivity index (χ1v) is 9.10. The Kier molecular flexibility index (Phi) is 7.30. The molecule has 0 saturated carbocycles. The van der Waals surface area contributed by atoms with E-state index in [1.165, 1.54) is 24.3 Å². The molecule has 0 unspecified atom stereocenters. The highest BCUT2D eigenvalue weighted by Crippen LogP contribution is 2.32. The van der Waals surface area contributed by atoms with Crippen LogP contribution in [0.25, 0.3) is 0 Å². The van der Waals surface area contributed by atoms with E-state index in [1.807, 2.05) is 6.92 Å². The van der Waals surface area contributed by atoms with Crippen molar-refractivity contribution in [3.8, 4) is 0 Å². The number of alkyl halides is 3. The lowest BCUT2D eigenvalue weighted by atomic mass is 10.1. The Bertz CT molecular complexity index is 839. The number of hydrogen-bond acceptors (Lipinski definition) is 4. The molecule has 0 saturated heterocycles. The summed E-state index contributed by atoms with van der Waals surface area (Å²) < 4.78 is 57.8. The second kappa shape index (κ2) is 9.49. The molecular weight excluding hydrogens is 390 g/mol. The zero-order valence-corrected chi connectivity index (χ0v) is 16.1. The van der Waals surface area contributed by atoms with Crippen LogP contribution in [0.2, 0.25) is 0 Å². The number of amides is 1. The van der Waals surface area contributed by atoms with Gasteiger partial charge in [0.05, 0.1) is 29.2 Å². The molecule has 0 bridgehead atoms. The topological polar surface area (TPSA) is 67.6 Å². The molecule has 2 rings (SSSR count). The second-order valence-electron chi connectivity index (χ2n) is 6.32. The number of carbonyl (C=O) groups excluding carboxylic acids is 1. The number of rotatable bonds is 7. The van der Waals surface area contributed by atoms with Crippen LogP contribution in [0.5, 0.6) is 0 Å². The summed E-state index contributed by atoms with van der Waals surface area (Å²) in [7, 11) is 0. The number of nitrogens with one attached hydrogen (secondary N) is 1. The Morgan fingerprint density at radius 1 is 1.14 bits per heavy atom. The van der Waals surface area contributed by atoms with Crippen molar-refractivity contribution in [2.45, 2.75) is 33.0 Å². The van der Waals surface area contributed by atoms with Gasteiger partial charge in [-0.2, -0.15) is 13.2 Å². The molecule has 1 amide bonds. The van der Waals surface area contributed by atoms with Crippen LogP contribution in [0.4, 0.5) is 39.4 Å². The Morgan fingerprint density at radius 3 is 2.34 bits per heavy atom. The minimum absolute atomic E-state index is 0.0793. The van der Waals surface area contributed by atoms with Gasteiger partial charge in [-0.15, -0.1) is 0 Å². The van der Waals surface area contributed by atoms with Crippen molar-refractivity contribution in [2.75, 3.05) is 29.1 Å². The zero-order chi connectivity index (χ0) is 21.6. The first kappa shape index (κ1) is 22.3. The van der Waals surface area contributed by atoms with Crippen LogP contribution >= 0.6 is 0 Å². The van der Waals surface area contributed by atoms with Crippen LogP contribution in [0.15, 0.2) is 36.4 Å². The van der Waals surface area contributed by atoms with Crippen molar-refractivity contribution in [1.82, 2.24) is 0 Å². The number of nitrogens with zero attached hydrogens (tertiary/aromatic N) is 1. The van der Waals surface area contributed by atoms with Gasteiger partial charge in [0.2, 0.25) is 0 Å². The van der Waals surface area contributed by atoms with E-state index in [4.69, 9.17) is 10.5 Å². The van der Waals surface area contributed by atoms with Crippen molar-refractivity contribution >= 4 is 23.2 Å². The summed E-state index contributed by atoms with van der Waals surface area (Å²) >= 11 is 0. The molecule has 5 nitrogen and oxygen atoms in total. The first-order valence-electron chi connectivity index (χ1n) is 9.10. The molecule has 0 radical (unpaired) electrons. The van der Waals surface area contributed by atoms with E-state index in [1.54, 1.807) is 11.8 Å². The highest BCUT2D eigenvalue weighted by atomic mass is 19.4. The molecule has 29 heavy (non-hydrogen) atoms. The van der Waals surface area contributed by atoms with Gasteiger partial charge in [0, 0.05) is 13.1 Å². The average molecular weight is 413 g/mol. The maximum Gasteiger partial charge on any atom is 0.416 e. The molecule has 0 aliphatic heterocycles. The molecular formula is C20H23F4N3O2. The standard InChI is InChI=1S/C20H23F4N3O2/c1-3-11-27(12-13-5-7-14(8-6-13)20(22,23)24)16-10-9-15(18(25)17(16)21)26-19(28)29-4-2/h5-10H,3-4,11-12,25H2,1-2H3,(H,26,28). The Labute approximate surface area is 166 Å². The molecule has 0 heterocycles. The van der Waals surface area contributed by atoms with E-state index in [2.05, 4.69) is 5.32 Å². The van der Waals surface area contributed by atoms with Gasteiger partial charge in [-0.1, -0.05) is 19.1 Å². The molecule has 2 aromatic carbocycles. The normalized spacial score (nSPS) is 11.2. The van der Waals surface area contributed by atoms with Crippen LogP contribution in [0.1, 0.15) is 31.4 Å². The summed E-state index contributed by atoms with van der Waals surface area (Å²) in [5.74, 6) is -0.723. The van der Waals surface area contributed by atoms with Crippen molar-refractivity contribution in [1.29, 1.82) is 0 Å². The average Bonchev–Trinajstić information content (AvgIpc) is 2.65. The molecule has 0 aromatic heterocycles. The summed E-state index contributed by atoms with van der Waals surface area (Å²) in [5.41, 5.74) is 5.71. The van der Waals surface area contributed by atoms with E-state index in [-0.39, 0.29) is 30.2 Å². The summed E-state index contributed by atoms with van der Waals surface area (Å²) in [6.07, 6.45) is -4.48. The van der Waals surface area contributed by atoms with Gasteiger partial charge >= 0.3 is 12.3 Å². The van der Waals surface area contributed by atoms with Crippen molar-refractivity contribution in [3.63, 3.8) is 0 Å². The molecule has 0 aliphatic rings. The van der Waals surface area contributed by atoms with Gasteiger partial charge in [0.15, 0.2) is 5.82 Å². The maximum atomic E-state index is 14.9. The van der Waals surface area contributed by atoms with Crippen molar-refractivity contribution in [3.05, 3.63) is 53.3 Å². The fourth-order valence-electron chi connectivity index (χ4n) is 2.79. The van der Waals surface area contributed by atoms with Gasteiger partial charge in [-0.3, -0.25) is 5.32 Å². The van der Waals surface area contributed by atoms with Gasteiger partial charge in [0.25, 0.3) is 0 Å². The number of halogens is 4. The fourth-order valence-corrected chi connectivity index (χ4v) is 2.79. The van der Waals surface area contributed by atoms with E-state index < -0.39 is 23.7 Å². The number of hydrogen-bond donors (Lipinski definition) is 2. The van der Waals surface area contributed by atoms with Crippen molar-refractivity contribution in [2.24, 2.45) is 0 Å². The number of ether oxygens (including phenoxy) is 1. The lowest BCUT2D eigenvalue weighted by molar-refractivity contribution is -0.137.